The second-order valence-corrected chi connectivity index (χ2v) is 7.04. The molecule has 1 aliphatic carbocycles. The van der Waals surface area contributed by atoms with Crippen LogP contribution in [0.25, 0.3) is 10.8 Å². The summed E-state index contributed by atoms with van der Waals surface area (Å²) in [5.41, 5.74) is -0.722. The number of hydrogen-bond donors (Lipinski definition) is 1. The molecule has 0 unspecified atom stereocenters. The minimum atomic E-state index is -4.46. The maximum absolute atomic E-state index is 13.3. The molecule has 0 aromatic heterocycles. The van der Waals surface area contributed by atoms with E-state index >= 15 is 0 Å². The first-order chi connectivity index (χ1) is 13.8. The van der Waals surface area contributed by atoms with Gasteiger partial charge in [-0.3, -0.25) is 4.79 Å². The summed E-state index contributed by atoms with van der Waals surface area (Å²) in [6, 6.07) is 15.1. The van der Waals surface area contributed by atoms with Crippen molar-refractivity contribution < 1.29 is 32.5 Å². The monoisotopic (exact) mass is 402 g/mol. The number of carbonyl (C=O) groups is 1. The second-order valence-electron chi connectivity index (χ2n) is 7.04. The van der Waals surface area contributed by atoms with Crippen LogP contribution in [0.15, 0.2) is 60.7 Å². The molecule has 3 atom stereocenters. The van der Waals surface area contributed by atoms with Crippen LogP contribution in [0.1, 0.15) is 12.5 Å². The Kier molecular flexibility index (Phi) is 4.61. The number of carboxylic acid groups (broad SMARTS) is 1. The molecule has 3 aromatic carbocycles. The van der Waals surface area contributed by atoms with Crippen molar-refractivity contribution in [3.63, 3.8) is 0 Å². The zero-order valence-corrected chi connectivity index (χ0v) is 15.3. The Morgan fingerprint density at radius 1 is 0.966 bits per heavy atom. The van der Waals surface area contributed by atoms with Crippen molar-refractivity contribution in [3.8, 4) is 17.2 Å². The SMILES string of the molecule is C[C@H]1[C@@H](Oc2cccc(Oc3ccc(C(F)(F)F)c4ccccc34)c2)[C@@H]1C(=O)O. The van der Waals surface area contributed by atoms with Crippen molar-refractivity contribution in [2.24, 2.45) is 11.8 Å². The summed E-state index contributed by atoms with van der Waals surface area (Å²) in [6.07, 6.45) is -4.87. The minimum Gasteiger partial charge on any atom is -0.489 e. The third kappa shape index (κ3) is 3.72. The normalized spacial score (nSPS) is 21.0. The van der Waals surface area contributed by atoms with Crippen LogP contribution in [0.5, 0.6) is 17.2 Å². The summed E-state index contributed by atoms with van der Waals surface area (Å²) in [5, 5.41) is 9.52. The van der Waals surface area contributed by atoms with Gasteiger partial charge in [-0.15, -0.1) is 0 Å². The van der Waals surface area contributed by atoms with Crippen molar-refractivity contribution in [2.45, 2.75) is 19.2 Å². The molecule has 0 aliphatic heterocycles. The van der Waals surface area contributed by atoms with Crippen LogP contribution < -0.4 is 9.47 Å². The lowest BCUT2D eigenvalue weighted by molar-refractivity contribution is -0.139. The summed E-state index contributed by atoms with van der Waals surface area (Å²) in [7, 11) is 0. The van der Waals surface area contributed by atoms with E-state index < -0.39 is 29.7 Å². The van der Waals surface area contributed by atoms with Crippen molar-refractivity contribution >= 4 is 16.7 Å². The lowest BCUT2D eigenvalue weighted by Gasteiger charge is -2.15. The van der Waals surface area contributed by atoms with Gasteiger partial charge in [0.15, 0.2) is 0 Å². The largest absolute Gasteiger partial charge is 0.489 e. The highest BCUT2D eigenvalue weighted by Crippen LogP contribution is 2.43. The molecule has 0 radical (unpaired) electrons. The number of alkyl halides is 3. The van der Waals surface area contributed by atoms with Crippen LogP contribution in [0.2, 0.25) is 0 Å². The molecule has 0 heterocycles. The number of halogens is 3. The number of carboxylic acids is 1. The number of hydrogen-bond acceptors (Lipinski definition) is 3. The van der Waals surface area contributed by atoms with Gasteiger partial charge in [0.1, 0.15) is 23.4 Å². The van der Waals surface area contributed by atoms with E-state index in [1.807, 2.05) is 0 Å². The number of aliphatic carboxylic acids is 1. The van der Waals surface area contributed by atoms with E-state index in [0.717, 1.165) is 6.07 Å². The molecule has 29 heavy (non-hydrogen) atoms. The highest BCUT2D eigenvalue weighted by molar-refractivity contribution is 5.91. The lowest BCUT2D eigenvalue weighted by Crippen LogP contribution is -2.07. The molecule has 1 fully saturated rings. The van der Waals surface area contributed by atoms with E-state index in [2.05, 4.69) is 0 Å². The van der Waals surface area contributed by atoms with Crippen LogP contribution in [0.3, 0.4) is 0 Å². The van der Waals surface area contributed by atoms with E-state index in [1.165, 1.54) is 12.1 Å². The Labute approximate surface area is 164 Å². The Morgan fingerprint density at radius 3 is 2.31 bits per heavy atom. The molecule has 1 saturated carbocycles. The number of benzene rings is 3. The van der Waals surface area contributed by atoms with Gasteiger partial charge >= 0.3 is 12.1 Å². The summed E-state index contributed by atoms with van der Waals surface area (Å²) in [4.78, 5) is 11.1. The van der Waals surface area contributed by atoms with Crippen LogP contribution >= 0.6 is 0 Å². The highest BCUT2D eigenvalue weighted by atomic mass is 19.4. The van der Waals surface area contributed by atoms with Crippen LogP contribution in [-0.2, 0) is 11.0 Å². The van der Waals surface area contributed by atoms with Crippen molar-refractivity contribution in [1.82, 2.24) is 0 Å². The molecule has 7 heteroatoms. The first-order valence-electron chi connectivity index (χ1n) is 9.02. The summed E-state index contributed by atoms with van der Waals surface area (Å²) >= 11 is 0. The topological polar surface area (TPSA) is 55.8 Å². The lowest BCUT2D eigenvalue weighted by atomic mass is 10.0. The molecular weight excluding hydrogens is 385 g/mol. The molecule has 1 aliphatic rings. The molecule has 150 valence electrons. The summed E-state index contributed by atoms with van der Waals surface area (Å²) < 4.78 is 51.4. The van der Waals surface area contributed by atoms with Crippen molar-refractivity contribution in [1.29, 1.82) is 0 Å². The third-order valence-electron chi connectivity index (χ3n) is 5.08. The van der Waals surface area contributed by atoms with Gasteiger partial charge in [0.25, 0.3) is 0 Å². The summed E-state index contributed by atoms with van der Waals surface area (Å²) in [5.74, 6) is -0.415. The Balaban J connectivity index is 1.61. The van der Waals surface area contributed by atoms with Crippen molar-refractivity contribution in [3.05, 3.63) is 66.2 Å². The number of rotatable bonds is 5. The van der Waals surface area contributed by atoms with E-state index in [0.29, 0.717) is 16.9 Å². The predicted octanol–water partition coefficient (Wildman–Crippen LogP) is 5.75. The van der Waals surface area contributed by atoms with Gasteiger partial charge < -0.3 is 14.6 Å². The quantitative estimate of drug-likeness (QED) is 0.591. The highest BCUT2D eigenvalue weighted by Gasteiger charge is 2.54. The molecule has 1 N–H and O–H groups in total. The van der Waals surface area contributed by atoms with Crippen molar-refractivity contribution in [2.75, 3.05) is 0 Å². The van der Waals surface area contributed by atoms with Gasteiger partial charge in [-0.2, -0.15) is 13.2 Å². The van der Waals surface area contributed by atoms with Gasteiger partial charge in [-0.1, -0.05) is 37.3 Å². The fraction of sp³-hybridized carbons (Fsp3) is 0.227. The van der Waals surface area contributed by atoms with Gasteiger partial charge in [0.2, 0.25) is 0 Å². The zero-order chi connectivity index (χ0) is 20.8. The second kappa shape index (κ2) is 6.99. The van der Waals surface area contributed by atoms with Crippen LogP contribution in [0, 0.1) is 11.8 Å². The Bertz CT molecular complexity index is 1080. The van der Waals surface area contributed by atoms with Gasteiger partial charge in [-0.05, 0) is 29.7 Å². The average molecular weight is 402 g/mol. The molecule has 4 rings (SSSR count). The zero-order valence-electron chi connectivity index (χ0n) is 15.3. The first kappa shape index (κ1) is 19.1. The molecule has 3 aromatic rings. The average Bonchev–Trinajstić information content (AvgIpc) is 3.30. The maximum atomic E-state index is 13.3. The standard InChI is InChI=1S/C22H17F3O4/c1-12-19(21(26)27)20(12)29-14-6-4-5-13(11-14)28-18-10-9-17(22(23,24)25)15-7-2-3-8-16(15)18/h2-12,19-20H,1H3,(H,26,27)/t12-,19-,20-/m1/s1. The molecule has 0 spiro atoms. The first-order valence-corrected chi connectivity index (χ1v) is 9.02. The molecule has 0 amide bonds. The predicted molar refractivity (Wildman–Crippen MR) is 100 cm³/mol. The van der Waals surface area contributed by atoms with E-state index in [1.54, 1.807) is 49.4 Å². The van der Waals surface area contributed by atoms with Gasteiger partial charge in [0, 0.05) is 17.4 Å². The molecule has 0 bridgehead atoms. The Morgan fingerprint density at radius 2 is 1.66 bits per heavy atom. The maximum Gasteiger partial charge on any atom is 0.417 e. The fourth-order valence-corrected chi connectivity index (χ4v) is 3.47. The summed E-state index contributed by atoms with van der Waals surface area (Å²) in [6.45, 7) is 1.80. The third-order valence-corrected chi connectivity index (χ3v) is 5.08. The van der Waals surface area contributed by atoms with Gasteiger partial charge in [-0.25, -0.2) is 0 Å². The fourth-order valence-electron chi connectivity index (χ4n) is 3.47. The smallest absolute Gasteiger partial charge is 0.417 e. The van der Waals surface area contributed by atoms with Crippen LogP contribution in [-0.4, -0.2) is 17.2 Å². The Hall–Kier alpha value is -3.22. The number of ether oxygens (including phenoxy) is 2. The van der Waals surface area contributed by atoms with E-state index in [4.69, 9.17) is 14.6 Å². The number of fused-ring (bicyclic) bond motifs is 1. The minimum absolute atomic E-state index is 0.0565. The molecule has 0 saturated heterocycles. The molecular formula is C22H17F3O4. The van der Waals surface area contributed by atoms with E-state index in [9.17, 15) is 18.0 Å². The van der Waals surface area contributed by atoms with E-state index in [-0.39, 0.29) is 17.1 Å². The molecule has 4 nitrogen and oxygen atoms in total. The van der Waals surface area contributed by atoms with Crippen LogP contribution in [0.4, 0.5) is 13.2 Å². The van der Waals surface area contributed by atoms with Gasteiger partial charge in [0.05, 0.1) is 11.5 Å².